The van der Waals surface area contributed by atoms with Crippen molar-refractivity contribution in [2.45, 2.75) is 0 Å². The van der Waals surface area contributed by atoms with Crippen molar-refractivity contribution in [2.75, 3.05) is 27.2 Å². The first kappa shape index (κ1) is 14.4. The molecule has 0 radical (unpaired) electrons. The summed E-state index contributed by atoms with van der Waals surface area (Å²) in [5.74, 6) is -3.04. The molecule has 1 saturated heterocycles. The summed E-state index contributed by atoms with van der Waals surface area (Å²) >= 11 is 0. The Morgan fingerprint density at radius 3 is 2.50 bits per heavy atom. The number of benzene rings is 1. The van der Waals surface area contributed by atoms with Gasteiger partial charge in [0.2, 0.25) is 0 Å². The first-order valence-corrected chi connectivity index (χ1v) is 6.00. The molecule has 1 aromatic rings. The first-order chi connectivity index (χ1) is 9.43. The topological polar surface area (TPSA) is 49.9 Å². The minimum Gasteiger partial charge on any atom is -0.337 e. The van der Waals surface area contributed by atoms with E-state index in [1.54, 1.807) is 0 Å². The molecule has 1 fully saturated rings. The van der Waals surface area contributed by atoms with Gasteiger partial charge in [-0.25, -0.2) is 13.8 Å². The molecule has 0 unspecified atom stereocenters. The standard InChI is InChI=1S/C13H14F2N2O3/c1-16(20-2)12(18)9-6-17(7-9)13(19)8-3-4-10(14)11(15)5-8/h3-5,9H,6-7H2,1-2H3. The Balaban J connectivity index is 1.97. The van der Waals surface area contributed by atoms with E-state index in [9.17, 15) is 18.4 Å². The van der Waals surface area contributed by atoms with Crippen LogP contribution in [-0.2, 0) is 9.63 Å². The lowest BCUT2D eigenvalue weighted by molar-refractivity contribution is -0.177. The number of carbonyl (C=O) groups is 2. The molecule has 0 spiro atoms. The molecule has 1 aromatic carbocycles. The molecule has 7 heteroatoms. The van der Waals surface area contributed by atoms with E-state index in [1.807, 2.05) is 0 Å². The zero-order valence-electron chi connectivity index (χ0n) is 11.1. The van der Waals surface area contributed by atoms with Crippen molar-refractivity contribution < 1.29 is 23.2 Å². The minimum absolute atomic E-state index is 0.0647. The highest BCUT2D eigenvalue weighted by Crippen LogP contribution is 2.21. The average Bonchev–Trinajstić information content (AvgIpc) is 2.38. The van der Waals surface area contributed by atoms with E-state index in [0.717, 1.165) is 17.2 Å². The quantitative estimate of drug-likeness (QED) is 0.780. The second-order valence-electron chi connectivity index (χ2n) is 4.55. The van der Waals surface area contributed by atoms with Crippen molar-refractivity contribution in [3.63, 3.8) is 0 Å². The number of hydrogen-bond acceptors (Lipinski definition) is 3. The van der Waals surface area contributed by atoms with Crippen molar-refractivity contribution in [3.8, 4) is 0 Å². The van der Waals surface area contributed by atoms with E-state index in [0.29, 0.717) is 0 Å². The smallest absolute Gasteiger partial charge is 0.254 e. The SMILES string of the molecule is CON(C)C(=O)C1CN(C(=O)c2ccc(F)c(F)c2)C1. The molecule has 2 amide bonds. The summed E-state index contributed by atoms with van der Waals surface area (Å²) in [6.07, 6.45) is 0. The molecule has 0 atom stereocenters. The average molecular weight is 284 g/mol. The Kier molecular flexibility index (Phi) is 3.99. The predicted octanol–water partition coefficient (Wildman–Crippen LogP) is 1.06. The van der Waals surface area contributed by atoms with Crippen LogP contribution in [0.1, 0.15) is 10.4 Å². The Morgan fingerprint density at radius 1 is 1.30 bits per heavy atom. The van der Waals surface area contributed by atoms with Gasteiger partial charge in [0.25, 0.3) is 11.8 Å². The molecule has 1 aliphatic heterocycles. The fourth-order valence-electron chi connectivity index (χ4n) is 1.96. The molecule has 1 aliphatic rings. The number of amides is 2. The van der Waals surface area contributed by atoms with Crippen LogP contribution in [0.15, 0.2) is 18.2 Å². The van der Waals surface area contributed by atoms with Gasteiger partial charge in [-0.3, -0.25) is 14.4 Å². The lowest BCUT2D eigenvalue weighted by Gasteiger charge is -2.39. The molecule has 1 heterocycles. The highest BCUT2D eigenvalue weighted by atomic mass is 19.2. The summed E-state index contributed by atoms with van der Waals surface area (Å²) in [6, 6.07) is 2.98. The summed E-state index contributed by atoms with van der Waals surface area (Å²) in [4.78, 5) is 29.9. The van der Waals surface area contributed by atoms with Crippen LogP contribution in [0.5, 0.6) is 0 Å². The predicted molar refractivity (Wildman–Crippen MR) is 65.5 cm³/mol. The molecule has 0 saturated carbocycles. The Labute approximate surface area is 114 Å². The van der Waals surface area contributed by atoms with E-state index in [1.165, 1.54) is 25.1 Å². The van der Waals surface area contributed by atoms with Gasteiger partial charge in [-0.05, 0) is 18.2 Å². The molecule has 0 bridgehead atoms. The number of hydroxylamine groups is 2. The molecule has 2 rings (SSSR count). The summed E-state index contributed by atoms with van der Waals surface area (Å²) in [5, 5.41) is 1.10. The second kappa shape index (κ2) is 5.54. The molecular formula is C13H14F2N2O3. The van der Waals surface area contributed by atoms with Crippen molar-refractivity contribution in [1.29, 1.82) is 0 Å². The number of hydrogen-bond donors (Lipinski definition) is 0. The van der Waals surface area contributed by atoms with Crippen LogP contribution in [-0.4, -0.2) is 49.0 Å². The fraction of sp³-hybridized carbons (Fsp3) is 0.385. The highest BCUT2D eigenvalue weighted by Gasteiger charge is 2.37. The van der Waals surface area contributed by atoms with E-state index < -0.39 is 17.5 Å². The van der Waals surface area contributed by atoms with Gasteiger partial charge in [0.15, 0.2) is 11.6 Å². The zero-order chi connectivity index (χ0) is 14.9. The summed E-state index contributed by atoms with van der Waals surface area (Å²) in [5.41, 5.74) is 0.0647. The van der Waals surface area contributed by atoms with Crippen molar-refractivity contribution in [1.82, 2.24) is 9.96 Å². The lowest BCUT2D eigenvalue weighted by Crippen LogP contribution is -2.55. The summed E-state index contributed by atoms with van der Waals surface area (Å²) in [7, 11) is 2.86. The van der Waals surface area contributed by atoms with Gasteiger partial charge in [0.05, 0.1) is 13.0 Å². The van der Waals surface area contributed by atoms with Crippen LogP contribution < -0.4 is 0 Å². The van der Waals surface area contributed by atoms with Gasteiger partial charge < -0.3 is 4.90 Å². The Morgan fingerprint density at radius 2 is 1.95 bits per heavy atom. The van der Waals surface area contributed by atoms with Gasteiger partial charge in [0.1, 0.15) is 0 Å². The van der Waals surface area contributed by atoms with Crippen molar-refractivity contribution in [2.24, 2.45) is 5.92 Å². The Bertz CT molecular complexity index is 544. The van der Waals surface area contributed by atoms with Gasteiger partial charge in [-0.1, -0.05) is 0 Å². The van der Waals surface area contributed by atoms with Crippen LogP contribution in [0.25, 0.3) is 0 Å². The number of likely N-dealkylation sites (tertiary alicyclic amines) is 1. The highest BCUT2D eigenvalue weighted by molar-refractivity contribution is 5.96. The third kappa shape index (κ3) is 2.62. The van der Waals surface area contributed by atoms with Gasteiger partial charge >= 0.3 is 0 Å². The van der Waals surface area contributed by atoms with Crippen LogP contribution in [0.4, 0.5) is 8.78 Å². The third-order valence-electron chi connectivity index (χ3n) is 3.27. The monoisotopic (exact) mass is 284 g/mol. The number of carbonyl (C=O) groups excluding carboxylic acids is 2. The molecule has 0 N–H and O–H groups in total. The van der Waals surface area contributed by atoms with Crippen LogP contribution >= 0.6 is 0 Å². The number of halogens is 2. The molecule has 0 aliphatic carbocycles. The lowest BCUT2D eigenvalue weighted by atomic mass is 9.98. The van der Waals surface area contributed by atoms with Crippen LogP contribution in [0, 0.1) is 17.6 Å². The number of nitrogens with zero attached hydrogens (tertiary/aromatic N) is 2. The molecule has 108 valence electrons. The molecule has 0 aromatic heterocycles. The Hall–Kier alpha value is -2.02. The zero-order valence-corrected chi connectivity index (χ0v) is 11.1. The van der Waals surface area contributed by atoms with E-state index in [4.69, 9.17) is 4.84 Å². The second-order valence-corrected chi connectivity index (χ2v) is 4.55. The van der Waals surface area contributed by atoms with E-state index in [-0.39, 0.29) is 30.5 Å². The van der Waals surface area contributed by atoms with Gasteiger partial charge in [0, 0.05) is 25.7 Å². The van der Waals surface area contributed by atoms with Crippen LogP contribution in [0.3, 0.4) is 0 Å². The van der Waals surface area contributed by atoms with E-state index in [2.05, 4.69) is 0 Å². The van der Waals surface area contributed by atoms with Crippen LogP contribution in [0.2, 0.25) is 0 Å². The maximum absolute atomic E-state index is 13.1. The fourth-order valence-corrected chi connectivity index (χ4v) is 1.96. The largest absolute Gasteiger partial charge is 0.337 e. The third-order valence-corrected chi connectivity index (χ3v) is 3.27. The minimum atomic E-state index is -1.07. The van der Waals surface area contributed by atoms with Gasteiger partial charge in [-0.15, -0.1) is 0 Å². The number of rotatable bonds is 3. The molecule has 5 nitrogen and oxygen atoms in total. The maximum atomic E-state index is 13.1. The first-order valence-electron chi connectivity index (χ1n) is 6.00. The van der Waals surface area contributed by atoms with E-state index >= 15 is 0 Å². The van der Waals surface area contributed by atoms with Crippen molar-refractivity contribution >= 4 is 11.8 Å². The molecule has 20 heavy (non-hydrogen) atoms. The summed E-state index contributed by atoms with van der Waals surface area (Å²) in [6.45, 7) is 0.481. The van der Waals surface area contributed by atoms with Crippen molar-refractivity contribution in [3.05, 3.63) is 35.4 Å². The normalized spacial score (nSPS) is 14.9. The molecular weight excluding hydrogens is 270 g/mol. The summed E-state index contributed by atoms with van der Waals surface area (Å²) < 4.78 is 25.8. The van der Waals surface area contributed by atoms with Gasteiger partial charge in [-0.2, -0.15) is 0 Å². The maximum Gasteiger partial charge on any atom is 0.254 e.